The van der Waals surface area contributed by atoms with Gasteiger partial charge in [0.05, 0.1) is 28.8 Å². The lowest BCUT2D eigenvalue weighted by molar-refractivity contribution is 0.0322. The van der Waals surface area contributed by atoms with Crippen LogP contribution < -0.4 is 15.0 Å². The third kappa shape index (κ3) is 5.34. The fourth-order valence-electron chi connectivity index (χ4n) is 4.66. The van der Waals surface area contributed by atoms with E-state index in [-0.39, 0.29) is 38.8 Å². The van der Waals surface area contributed by atoms with Crippen molar-refractivity contribution >= 4 is 28.8 Å². The predicted octanol–water partition coefficient (Wildman–Crippen LogP) is 5.45. The number of aromatic nitrogens is 3. The number of halogens is 4. The summed E-state index contributed by atoms with van der Waals surface area (Å²) in [6.07, 6.45) is 3.22. The molecule has 6 rings (SSSR count). The molecule has 0 atom stereocenters. The van der Waals surface area contributed by atoms with E-state index in [1.807, 2.05) is 0 Å². The van der Waals surface area contributed by atoms with Crippen LogP contribution in [-0.4, -0.2) is 58.5 Å². The average molecular weight is 577 g/mol. The zero-order valence-corrected chi connectivity index (χ0v) is 22.2. The Kier molecular flexibility index (Phi) is 7.20. The standard InChI is InChI=1S/C27H24Cl2F2N4O4/c28-19-14-18(38-12-9-33-7-10-37-11-8-33)15-20(29)25(19)35-27(36)24(16-1-2-16)26-32-23(5-6-34(26)35)39-22-13-17(30)3-4-21(22)31/h3-6,13-16H,1-2,7-12H2. The van der Waals surface area contributed by atoms with Gasteiger partial charge in [0.15, 0.2) is 17.2 Å². The van der Waals surface area contributed by atoms with Gasteiger partial charge in [-0.1, -0.05) is 23.2 Å². The van der Waals surface area contributed by atoms with Gasteiger partial charge in [0.1, 0.15) is 23.9 Å². The molecule has 1 aliphatic heterocycles. The summed E-state index contributed by atoms with van der Waals surface area (Å²) < 4.78 is 47.5. The number of hydrogen-bond acceptors (Lipinski definition) is 6. The molecular weight excluding hydrogens is 553 g/mol. The van der Waals surface area contributed by atoms with Gasteiger partial charge in [-0.3, -0.25) is 9.69 Å². The number of rotatable bonds is 8. The summed E-state index contributed by atoms with van der Waals surface area (Å²) in [6, 6.07) is 7.61. The Hall–Kier alpha value is -3.18. The minimum Gasteiger partial charge on any atom is -0.492 e. The molecule has 204 valence electrons. The fourth-order valence-corrected chi connectivity index (χ4v) is 5.29. The second-order valence-corrected chi connectivity index (χ2v) is 10.3. The number of ether oxygens (including phenoxy) is 3. The van der Waals surface area contributed by atoms with E-state index in [2.05, 4.69) is 9.88 Å². The summed E-state index contributed by atoms with van der Waals surface area (Å²) in [5.41, 5.74) is 0.786. The highest BCUT2D eigenvalue weighted by atomic mass is 35.5. The van der Waals surface area contributed by atoms with Crippen LogP contribution in [0.15, 0.2) is 47.4 Å². The smallest absolute Gasteiger partial charge is 0.277 e. The van der Waals surface area contributed by atoms with E-state index in [1.54, 1.807) is 18.3 Å². The van der Waals surface area contributed by atoms with Crippen molar-refractivity contribution in [2.24, 2.45) is 0 Å². The van der Waals surface area contributed by atoms with E-state index in [9.17, 15) is 13.6 Å². The molecule has 39 heavy (non-hydrogen) atoms. The fraction of sp³-hybridized carbons (Fsp3) is 0.333. The Labute approximate surface area is 232 Å². The van der Waals surface area contributed by atoms with Crippen LogP contribution in [0.4, 0.5) is 8.78 Å². The summed E-state index contributed by atoms with van der Waals surface area (Å²) >= 11 is 13.3. The number of benzene rings is 2. The Morgan fingerprint density at radius 2 is 1.79 bits per heavy atom. The molecule has 2 aromatic heterocycles. The summed E-state index contributed by atoms with van der Waals surface area (Å²) in [5, 5.41) is 0.463. The molecule has 0 bridgehead atoms. The Morgan fingerprint density at radius 3 is 2.51 bits per heavy atom. The second kappa shape index (κ2) is 10.8. The number of hydrogen-bond donors (Lipinski definition) is 0. The SMILES string of the molecule is O=c1c(C2CC2)c2nc(Oc3cc(F)ccc3F)ccn2n1-c1c(Cl)cc(OCCN2CCOCC2)cc1Cl. The molecule has 0 radical (unpaired) electrons. The van der Waals surface area contributed by atoms with Gasteiger partial charge in [-0.25, -0.2) is 18.0 Å². The van der Waals surface area contributed by atoms with E-state index >= 15 is 0 Å². The van der Waals surface area contributed by atoms with Crippen LogP contribution in [-0.2, 0) is 4.74 Å². The molecule has 0 spiro atoms. The highest BCUT2D eigenvalue weighted by Crippen LogP contribution is 2.42. The first kappa shape index (κ1) is 26.1. The van der Waals surface area contributed by atoms with Gasteiger partial charge in [0, 0.05) is 50.1 Å². The normalized spacial score (nSPS) is 16.1. The van der Waals surface area contributed by atoms with E-state index in [1.165, 1.54) is 15.3 Å². The van der Waals surface area contributed by atoms with E-state index in [0.717, 1.165) is 50.7 Å². The molecule has 1 aliphatic carbocycles. The lowest BCUT2D eigenvalue weighted by atomic mass is 10.2. The van der Waals surface area contributed by atoms with Crippen LogP contribution in [0.2, 0.25) is 10.0 Å². The molecule has 3 heterocycles. The van der Waals surface area contributed by atoms with Crippen LogP contribution in [0.3, 0.4) is 0 Å². The molecule has 8 nitrogen and oxygen atoms in total. The van der Waals surface area contributed by atoms with Gasteiger partial charge in [-0.15, -0.1) is 0 Å². The minimum atomic E-state index is -0.735. The van der Waals surface area contributed by atoms with Crippen molar-refractivity contribution in [1.29, 1.82) is 0 Å². The van der Waals surface area contributed by atoms with E-state index in [0.29, 0.717) is 36.8 Å². The van der Waals surface area contributed by atoms with Crippen LogP contribution in [0.25, 0.3) is 11.3 Å². The maximum Gasteiger partial charge on any atom is 0.277 e. The lowest BCUT2D eigenvalue weighted by Crippen LogP contribution is -2.38. The summed E-state index contributed by atoms with van der Waals surface area (Å²) in [4.78, 5) is 20.4. The number of fused-ring (bicyclic) bond motifs is 1. The van der Waals surface area contributed by atoms with Crippen LogP contribution >= 0.6 is 23.2 Å². The van der Waals surface area contributed by atoms with Crippen molar-refractivity contribution in [3.63, 3.8) is 0 Å². The molecule has 4 aromatic rings. The molecule has 0 amide bonds. The maximum absolute atomic E-state index is 14.1. The van der Waals surface area contributed by atoms with Crippen molar-refractivity contribution < 1.29 is 23.0 Å². The van der Waals surface area contributed by atoms with E-state index < -0.39 is 11.6 Å². The quantitative estimate of drug-likeness (QED) is 0.278. The van der Waals surface area contributed by atoms with Gasteiger partial charge in [0.25, 0.3) is 5.56 Å². The third-order valence-corrected chi connectivity index (χ3v) is 7.32. The van der Waals surface area contributed by atoms with Crippen LogP contribution in [0.1, 0.15) is 24.3 Å². The topological polar surface area (TPSA) is 70.2 Å². The average Bonchev–Trinajstić information content (AvgIpc) is 3.71. The summed E-state index contributed by atoms with van der Waals surface area (Å²) in [5.74, 6) is -1.17. The summed E-state index contributed by atoms with van der Waals surface area (Å²) in [7, 11) is 0. The van der Waals surface area contributed by atoms with Crippen LogP contribution in [0, 0.1) is 11.6 Å². The molecule has 1 saturated carbocycles. The molecular formula is C27H24Cl2F2N4O4. The molecule has 0 N–H and O–H groups in total. The summed E-state index contributed by atoms with van der Waals surface area (Å²) in [6.45, 7) is 4.32. The van der Waals surface area contributed by atoms with Gasteiger partial charge >= 0.3 is 0 Å². The van der Waals surface area contributed by atoms with Crippen LogP contribution in [0.5, 0.6) is 17.4 Å². The monoisotopic (exact) mass is 576 g/mol. The van der Waals surface area contributed by atoms with Crippen molar-refractivity contribution in [2.45, 2.75) is 18.8 Å². The molecule has 2 aliphatic rings. The number of morpholine rings is 1. The predicted molar refractivity (Wildman–Crippen MR) is 142 cm³/mol. The van der Waals surface area contributed by atoms with Crippen molar-refractivity contribution in [3.8, 4) is 23.1 Å². The van der Waals surface area contributed by atoms with Crippen molar-refractivity contribution in [2.75, 3.05) is 39.5 Å². The Bertz CT molecular complexity index is 1580. The molecule has 2 aromatic carbocycles. The van der Waals surface area contributed by atoms with Crippen molar-refractivity contribution in [3.05, 3.63) is 80.2 Å². The highest BCUT2D eigenvalue weighted by molar-refractivity contribution is 6.38. The first-order valence-electron chi connectivity index (χ1n) is 12.6. The second-order valence-electron chi connectivity index (χ2n) is 9.45. The largest absolute Gasteiger partial charge is 0.492 e. The molecule has 12 heteroatoms. The maximum atomic E-state index is 14.1. The molecule has 1 saturated heterocycles. The van der Waals surface area contributed by atoms with Crippen molar-refractivity contribution in [1.82, 2.24) is 19.1 Å². The van der Waals surface area contributed by atoms with Gasteiger partial charge in [-0.05, 0) is 30.9 Å². The zero-order valence-electron chi connectivity index (χ0n) is 20.7. The Balaban J connectivity index is 1.33. The molecule has 0 unspecified atom stereocenters. The first-order chi connectivity index (χ1) is 18.9. The minimum absolute atomic E-state index is 0.0137. The van der Waals surface area contributed by atoms with Gasteiger partial charge < -0.3 is 14.2 Å². The van der Waals surface area contributed by atoms with E-state index in [4.69, 9.17) is 37.4 Å². The number of nitrogens with zero attached hydrogens (tertiary/aromatic N) is 4. The Morgan fingerprint density at radius 1 is 1.05 bits per heavy atom. The molecule has 2 fully saturated rings. The first-order valence-corrected chi connectivity index (χ1v) is 13.3. The lowest BCUT2D eigenvalue weighted by Gasteiger charge is -2.26. The van der Waals surface area contributed by atoms with Gasteiger partial charge in [-0.2, -0.15) is 4.98 Å². The van der Waals surface area contributed by atoms with Gasteiger partial charge in [0.2, 0.25) is 5.88 Å². The highest BCUT2D eigenvalue weighted by Gasteiger charge is 2.33. The zero-order chi connectivity index (χ0) is 27.1. The third-order valence-electron chi connectivity index (χ3n) is 6.75.